The van der Waals surface area contributed by atoms with Gasteiger partial charge in [0.05, 0.1) is 6.07 Å². The number of pyridine rings is 1. The van der Waals surface area contributed by atoms with Gasteiger partial charge in [-0.25, -0.2) is 4.98 Å². The molecule has 3 heterocycles. The molecule has 2 fully saturated rings. The van der Waals surface area contributed by atoms with Crippen LogP contribution in [0.2, 0.25) is 0 Å². The highest BCUT2D eigenvalue weighted by atomic mass is 16.2. The molecule has 2 aromatic heterocycles. The highest BCUT2D eigenvalue weighted by Gasteiger charge is 2.56. The third-order valence-electron chi connectivity index (χ3n) is 5.65. The van der Waals surface area contributed by atoms with Gasteiger partial charge in [-0.15, -0.1) is 0 Å². The first-order valence-corrected chi connectivity index (χ1v) is 9.57. The maximum Gasteiger partial charge on any atom is 0.271 e. The van der Waals surface area contributed by atoms with Crippen LogP contribution in [-0.4, -0.2) is 52.1 Å². The van der Waals surface area contributed by atoms with Crippen molar-refractivity contribution in [2.45, 2.75) is 19.3 Å². The van der Waals surface area contributed by atoms with Gasteiger partial charge in [-0.2, -0.15) is 10.4 Å². The SMILES string of the molecule is CN(C)C(=O)c1cc(Nc2cc(N3CC[C@@](C#N)(C4CC4)C3=O)ccn2)nn1C. The van der Waals surface area contributed by atoms with E-state index in [-0.39, 0.29) is 17.7 Å². The van der Waals surface area contributed by atoms with E-state index in [4.69, 9.17) is 0 Å². The van der Waals surface area contributed by atoms with Crippen molar-refractivity contribution in [3.05, 3.63) is 30.1 Å². The van der Waals surface area contributed by atoms with Crippen LogP contribution in [-0.2, 0) is 11.8 Å². The maximum atomic E-state index is 13.0. The summed E-state index contributed by atoms with van der Waals surface area (Å²) in [5.74, 6) is 0.921. The lowest BCUT2D eigenvalue weighted by Gasteiger charge is -2.21. The molecule has 1 aliphatic carbocycles. The van der Waals surface area contributed by atoms with E-state index in [1.807, 2.05) is 0 Å². The molecular formula is C20H23N7O2. The van der Waals surface area contributed by atoms with E-state index in [0.717, 1.165) is 12.8 Å². The standard InChI is InChI=1S/C20H23N7O2/c1-25(2)18(28)15-11-17(24-26(15)3)23-16-10-14(6-8-22-16)27-9-7-20(12-21,19(27)29)13-4-5-13/h6,8,10-11,13H,4-5,7,9H2,1-3H3,(H,22,23,24)/t20-/m1/s1. The van der Waals surface area contributed by atoms with Gasteiger partial charge in [-0.05, 0) is 31.2 Å². The highest BCUT2D eigenvalue weighted by Crippen LogP contribution is 2.51. The van der Waals surface area contributed by atoms with E-state index in [1.54, 1.807) is 50.4 Å². The molecule has 1 atom stereocenters. The van der Waals surface area contributed by atoms with E-state index in [0.29, 0.717) is 36.0 Å². The Balaban J connectivity index is 1.55. The number of nitrogens with zero attached hydrogens (tertiary/aromatic N) is 6. The number of carbonyl (C=O) groups excluding carboxylic acids is 2. The minimum Gasteiger partial charge on any atom is -0.343 e. The molecule has 4 rings (SSSR count). The molecule has 0 radical (unpaired) electrons. The van der Waals surface area contributed by atoms with E-state index < -0.39 is 5.41 Å². The number of nitrogens with one attached hydrogen (secondary N) is 1. The zero-order valence-corrected chi connectivity index (χ0v) is 16.7. The van der Waals surface area contributed by atoms with Crippen LogP contribution in [0.25, 0.3) is 0 Å². The molecule has 0 bridgehead atoms. The zero-order chi connectivity index (χ0) is 20.8. The monoisotopic (exact) mass is 393 g/mol. The molecule has 1 N–H and O–H groups in total. The fraction of sp³-hybridized carbons (Fsp3) is 0.450. The van der Waals surface area contributed by atoms with Crippen LogP contribution < -0.4 is 10.2 Å². The number of hydrogen-bond acceptors (Lipinski definition) is 6. The summed E-state index contributed by atoms with van der Waals surface area (Å²) in [5, 5.41) is 17.1. The van der Waals surface area contributed by atoms with Gasteiger partial charge in [0.15, 0.2) is 5.82 Å². The molecule has 29 heavy (non-hydrogen) atoms. The Kier molecular flexibility index (Phi) is 4.49. The first-order valence-electron chi connectivity index (χ1n) is 9.57. The van der Waals surface area contributed by atoms with E-state index >= 15 is 0 Å². The quantitative estimate of drug-likeness (QED) is 0.832. The van der Waals surface area contributed by atoms with Crippen molar-refractivity contribution in [1.82, 2.24) is 19.7 Å². The Labute approximate surface area is 168 Å². The molecule has 1 saturated carbocycles. The van der Waals surface area contributed by atoms with Crippen molar-refractivity contribution >= 4 is 29.1 Å². The summed E-state index contributed by atoms with van der Waals surface area (Å²) in [4.78, 5) is 32.7. The van der Waals surface area contributed by atoms with Crippen molar-refractivity contribution < 1.29 is 9.59 Å². The number of hydrogen-bond donors (Lipinski definition) is 1. The van der Waals surface area contributed by atoms with Crippen LogP contribution in [0.5, 0.6) is 0 Å². The summed E-state index contributed by atoms with van der Waals surface area (Å²) < 4.78 is 1.51. The third kappa shape index (κ3) is 3.20. The van der Waals surface area contributed by atoms with Crippen LogP contribution in [0, 0.1) is 22.7 Å². The first-order chi connectivity index (χ1) is 13.9. The van der Waals surface area contributed by atoms with Crippen LogP contribution in [0.1, 0.15) is 29.8 Å². The van der Waals surface area contributed by atoms with Crippen molar-refractivity contribution in [2.24, 2.45) is 18.4 Å². The van der Waals surface area contributed by atoms with Crippen molar-refractivity contribution in [2.75, 3.05) is 30.9 Å². The molecule has 9 nitrogen and oxygen atoms in total. The Morgan fingerprint density at radius 2 is 2.10 bits per heavy atom. The van der Waals surface area contributed by atoms with Crippen molar-refractivity contribution in [1.29, 1.82) is 5.26 Å². The number of nitriles is 1. The van der Waals surface area contributed by atoms with Gasteiger partial charge in [0.2, 0.25) is 5.91 Å². The minimum absolute atomic E-state index is 0.114. The largest absolute Gasteiger partial charge is 0.343 e. The molecule has 0 aromatic carbocycles. The lowest BCUT2D eigenvalue weighted by atomic mass is 9.83. The van der Waals surface area contributed by atoms with Gasteiger partial charge in [-0.3, -0.25) is 14.3 Å². The van der Waals surface area contributed by atoms with Crippen LogP contribution in [0.15, 0.2) is 24.4 Å². The third-order valence-corrected chi connectivity index (χ3v) is 5.65. The van der Waals surface area contributed by atoms with Gasteiger partial charge < -0.3 is 15.1 Å². The number of anilines is 3. The second kappa shape index (κ2) is 6.88. The van der Waals surface area contributed by atoms with Gasteiger partial charge in [0.1, 0.15) is 16.9 Å². The Bertz CT molecular complexity index is 1020. The normalized spacial score (nSPS) is 21.2. The molecule has 150 valence electrons. The van der Waals surface area contributed by atoms with Crippen LogP contribution >= 0.6 is 0 Å². The second-order valence-corrected chi connectivity index (χ2v) is 7.83. The average molecular weight is 393 g/mol. The summed E-state index contributed by atoms with van der Waals surface area (Å²) in [6.45, 7) is 0.525. The zero-order valence-electron chi connectivity index (χ0n) is 16.7. The number of carbonyl (C=O) groups is 2. The number of aryl methyl sites for hydroxylation is 1. The fourth-order valence-corrected chi connectivity index (χ4v) is 3.88. The molecule has 0 unspecified atom stereocenters. The first kappa shape index (κ1) is 18.9. The molecule has 0 spiro atoms. The van der Waals surface area contributed by atoms with E-state index in [9.17, 15) is 14.9 Å². The molecule has 2 aromatic rings. The molecule has 2 amide bonds. The smallest absolute Gasteiger partial charge is 0.271 e. The molecule has 2 aliphatic rings. The van der Waals surface area contributed by atoms with E-state index in [1.165, 1.54) is 9.58 Å². The Morgan fingerprint density at radius 1 is 1.34 bits per heavy atom. The molecule has 1 saturated heterocycles. The van der Waals surface area contributed by atoms with Crippen molar-refractivity contribution in [3.63, 3.8) is 0 Å². The summed E-state index contributed by atoms with van der Waals surface area (Å²) in [6.07, 6.45) is 4.07. The summed E-state index contributed by atoms with van der Waals surface area (Å²) in [5.41, 5.74) is 0.275. The lowest BCUT2D eigenvalue weighted by molar-refractivity contribution is -0.123. The predicted octanol–water partition coefficient (Wildman–Crippen LogP) is 1.92. The number of aromatic nitrogens is 3. The molecule has 1 aliphatic heterocycles. The van der Waals surface area contributed by atoms with E-state index in [2.05, 4.69) is 21.5 Å². The van der Waals surface area contributed by atoms with Gasteiger partial charge in [0, 0.05) is 51.7 Å². The summed E-state index contributed by atoms with van der Waals surface area (Å²) in [6, 6.07) is 7.49. The maximum absolute atomic E-state index is 13.0. The topological polar surface area (TPSA) is 107 Å². The summed E-state index contributed by atoms with van der Waals surface area (Å²) >= 11 is 0. The fourth-order valence-electron chi connectivity index (χ4n) is 3.88. The summed E-state index contributed by atoms with van der Waals surface area (Å²) in [7, 11) is 5.07. The van der Waals surface area contributed by atoms with Gasteiger partial charge >= 0.3 is 0 Å². The van der Waals surface area contributed by atoms with Crippen molar-refractivity contribution in [3.8, 4) is 6.07 Å². The van der Waals surface area contributed by atoms with Gasteiger partial charge in [-0.1, -0.05) is 0 Å². The van der Waals surface area contributed by atoms with Crippen LogP contribution in [0.4, 0.5) is 17.3 Å². The van der Waals surface area contributed by atoms with Crippen LogP contribution in [0.3, 0.4) is 0 Å². The average Bonchev–Trinajstić information content (AvgIpc) is 3.41. The van der Waals surface area contributed by atoms with Gasteiger partial charge in [0.25, 0.3) is 5.91 Å². The molecular weight excluding hydrogens is 370 g/mol. The lowest BCUT2D eigenvalue weighted by Crippen LogP contribution is -2.35. The predicted molar refractivity (Wildman–Crippen MR) is 106 cm³/mol. The minimum atomic E-state index is -0.876. The Morgan fingerprint density at radius 3 is 2.76 bits per heavy atom. The number of rotatable bonds is 5. The highest BCUT2D eigenvalue weighted by molar-refractivity contribution is 6.02. The molecule has 9 heteroatoms. The number of amides is 2. The second-order valence-electron chi connectivity index (χ2n) is 7.83. The Hall–Kier alpha value is -3.41.